The largest absolute Gasteiger partial charge is 0.394 e. The molecule has 0 saturated carbocycles. The summed E-state index contributed by atoms with van der Waals surface area (Å²) in [6.45, 7) is 1.13. The summed E-state index contributed by atoms with van der Waals surface area (Å²) >= 11 is 5.89. The van der Waals surface area contributed by atoms with Crippen LogP contribution in [0.25, 0.3) is 0 Å². The third kappa shape index (κ3) is 3.19. The van der Waals surface area contributed by atoms with Gasteiger partial charge in [0.2, 0.25) is 0 Å². The minimum atomic E-state index is -1.00. The molecule has 0 aliphatic carbocycles. The molecule has 0 aliphatic heterocycles. The van der Waals surface area contributed by atoms with Crippen LogP contribution in [0.15, 0.2) is 24.3 Å². The predicted octanol–water partition coefficient (Wildman–Crippen LogP) is 1.20. The standard InChI is InChI=1S/C12H16ClNO3/c1-2-12(7-15,8-16)14-11(17)9-5-3-4-6-10(9)13/h3-6,15-16H,2,7-8H2,1H3,(H,14,17). The highest BCUT2D eigenvalue weighted by Crippen LogP contribution is 2.17. The van der Waals surface area contributed by atoms with Crippen molar-refractivity contribution in [1.29, 1.82) is 0 Å². The maximum absolute atomic E-state index is 11.9. The first-order chi connectivity index (χ1) is 8.08. The normalized spacial score (nSPS) is 11.3. The average molecular weight is 258 g/mol. The molecule has 0 bridgehead atoms. The van der Waals surface area contributed by atoms with E-state index in [0.29, 0.717) is 17.0 Å². The summed E-state index contributed by atoms with van der Waals surface area (Å²) in [5, 5.41) is 21.4. The highest BCUT2D eigenvalue weighted by Gasteiger charge is 2.29. The molecule has 0 unspecified atom stereocenters. The molecule has 0 saturated heterocycles. The number of nitrogens with one attached hydrogen (secondary N) is 1. The predicted molar refractivity (Wildman–Crippen MR) is 66.1 cm³/mol. The number of rotatable bonds is 5. The van der Waals surface area contributed by atoms with Crippen molar-refractivity contribution in [2.24, 2.45) is 0 Å². The van der Waals surface area contributed by atoms with Crippen molar-refractivity contribution >= 4 is 17.5 Å². The first kappa shape index (κ1) is 14.0. The molecule has 5 heteroatoms. The lowest BCUT2D eigenvalue weighted by Gasteiger charge is -2.29. The van der Waals surface area contributed by atoms with Crippen molar-refractivity contribution < 1.29 is 15.0 Å². The van der Waals surface area contributed by atoms with E-state index in [9.17, 15) is 15.0 Å². The topological polar surface area (TPSA) is 69.6 Å². The second-order valence-electron chi connectivity index (χ2n) is 3.88. The van der Waals surface area contributed by atoms with Gasteiger partial charge in [-0.3, -0.25) is 4.79 Å². The Hall–Kier alpha value is -1.10. The van der Waals surface area contributed by atoms with Crippen molar-refractivity contribution in [3.05, 3.63) is 34.9 Å². The van der Waals surface area contributed by atoms with E-state index in [-0.39, 0.29) is 13.2 Å². The molecule has 4 nitrogen and oxygen atoms in total. The number of hydrogen-bond acceptors (Lipinski definition) is 3. The third-order valence-corrected chi connectivity index (χ3v) is 3.11. The van der Waals surface area contributed by atoms with Crippen LogP contribution in [0.1, 0.15) is 23.7 Å². The van der Waals surface area contributed by atoms with E-state index in [0.717, 1.165) is 0 Å². The van der Waals surface area contributed by atoms with Crippen LogP contribution in [0.2, 0.25) is 5.02 Å². The molecule has 1 amide bonds. The molecular formula is C12H16ClNO3. The van der Waals surface area contributed by atoms with Crippen LogP contribution >= 0.6 is 11.6 Å². The van der Waals surface area contributed by atoms with E-state index in [4.69, 9.17) is 11.6 Å². The van der Waals surface area contributed by atoms with E-state index >= 15 is 0 Å². The molecule has 0 radical (unpaired) electrons. The fourth-order valence-electron chi connectivity index (χ4n) is 1.39. The van der Waals surface area contributed by atoms with Crippen LogP contribution in [0.4, 0.5) is 0 Å². The Morgan fingerprint density at radius 2 is 1.94 bits per heavy atom. The number of hydrogen-bond donors (Lipinski definition) is 3. The minimum Gasteiger partial charge on any atom is -0.394 e. The molecule has 3 N–H and O–H groups in total. The molecule has 94 valence electrons. The summed E-state index contributed by atoms with van der Waals surface area (Å²) in [4.78, 5) is 11.9. The van der Waals surface area contributed by atoms with Gasteiger partial charge in [0.05, 0.1) is 29.3 Å². The van der Waals surface area contributed by atoms with Gasteiger partial charge in [-0.2, -0.15) is 0 Å². The van der Waals surface area contributed by atoms with Crippen LogP contribution in [0.3, 0.4) is 0 Å². The summed E-state index contributed by atoms with van der Waals surface area (Å²) in [7, 11) is 0. The maximum Gasteiger partial charge on any atom is 0.253 e. The molecule has 0 spiro atoms. The monoisotopic (exact) mass is 257 g/mol. The number of aliphatic hydroxyl groups excluding tert-OH is 2. The Morgan fingerprint density at radius 3 is 2.41 bits per heavy atom. The van der Waals surface area contributed by atoms with E-state index in [1.807, 2.05) is 0 Å². The zero-order valence-electron chi connectivity index (χ0n) is 9.61. The molecule has 0 aliphatic rings. The Balaban J connectivity index is 2.89. The minimum absolute atomic E-state index is 0.323. The van der Waals surface area contributed by atoms with Crippen LogP contribution in [-0.2, 0) is 0 Å². The number of amides is 1. The van der Waals surface area contributed by atoms with Crippen LogP contribution in [0.5, 0.6) is 0 Å². The molecule has 1 aromatic rings. The number of aliphatic hydroxyl groups is 2. The van der Waals surface area contributed by atoms with Gasteiger partial charge in [-0.15, -0.1) is 0 Å². The number of halogens is 1. The summed E-state index contributed by atoms with van der Waals surface area (Å²) in [5.74, 6) is -0.402. The van der Waals surface area contributed by atoms with Gasteiger partial charge in [0.1, 0.15) is 0 Å². The molecule has 0 aromatic heterocycles. The second kappa shape index (κ2) is 6.00. The van der Waals surface area contributed by atoms with Crippen LogP contribution in [-0.4, -0.2) is 34.9 Å². The van der Waals surface area contributed by atoms with Gasteiger partial charge < -0.3 is 15.5 Å². The highest BCUT2D eigenvalue weighted by atomic mass is 35.5. The van der Waals surface area contributed by atoms with Gasteiger partial charge in [0.15, 0.2) is 0 Å². The lowest BCUT2D eigenvalue weighted by atomic mass is 9.98. The summed E-state index contributed by atoms with van der Waals surface area (Å²) in [5.41, 5.74) is -0.676. The van der Waals surface area contributed by atoms with Crippen molar-refractivity contribution in [1.82, 2.24) is 5.32 Å². The van der Waals surface area contributed by atoms with Gasteiger partial charge >= 0.3 is 0 Å². The van der Waals surface area contributed by atoms with Crippen molar-refractivity contribution in [3.63, 3.8) is 0 Å². The Bertz CT molecular complexity index is 383. The van der Waals surface area contributed by atoms with Gasteiger partial charge in [0, 0.05) is 0 Å². The smallest absolute Gasteiger partial charge is 0.253 e. The SMILES string of the molecule is CCC(CO)(CO)NC(=O)c1ccccc1Cl. The lowest BCUT2D eigenvalue weighted by molar-refractivity contribution is 0.0653. The zero-order chi connectivity index (χ0) is 12.9. The fourth-order valence-corrected chi connectivity index (χ4v) is 1.62. The lowest BCUT2D eigenvalue weighted by Crippen LogP contribution is -2.53. The number of benzene rings is 1. The molecule has 17 heavy (non-hydrogen) atoms. The molecule has 1 rings (SSSR count). The summed E-state index contributed by atoms with van der Waals surface area (Å²) in [6, 6.07) is 6.63. The molecule has 1 aromatic carbocycles. The first-order valence-corrected chi connectivity index (χ1v) is 5.75. The first-order valence-electron chi connectivity index (χ1n) is 5.37. The average Bonchev–Trinajstić information content (AvgIpc) is 2.36. The Labute approximate surface area is 105 Å². The van der Waals surface area contributed by atoms with E-state index < -0.39 is 11.4 Å². The van der Waals surface area contributed by atoms with Gasteiger partial charge in [-0.05, 0) is 18.6 Å². The summed E-state index contributed by atoms with van der Waals surface area (Å²) < 4.78 is 0. The number of carbonyl (C=O) groups excluding carboxylic acids is 1. The van der Waals surface area contributed by atoms with E-state index in [1.165, 1.54) is 0 Å². The van der Waals surface area contributed by atoms with Gasteiger partial charge in [0.25, 0.3) is 5.91 Å². The van der Waals surface area contributed by atoms with Gasteiger partial charge in [-0.25, -0.2) is 0 Å². The number of carbonyl (C=O) groups is 1. The van der Waals surface area contributed by atoms with Crippen molar-refractivity contribution in [3.8, 4) is 0 Å². The fraction of sp³-hybridized carbons (Fsp3) is 0.417. The van der Waals surface area contributed by atoms with E-state index in [1.54, 1.807) is 31.2 Å². The second-order valence-corrected chi connectivity index (χ2v) is 4.29. The van der Waals surface area contributed by atoms with Crippen molar-refractivity contribution in [2.75, 3.05) is 13.2 Å². The van der Waals surface area contributed by atoms with Gasteiger partial charge in [-0.1, -0.05) is 30.7 Å². The molecule has 0 atom stereocenters. The molecule has 0 heterocycles. The molecule has 0 fully saturated rings. The van der Waals surface area contributed by atoms with Crippen LogP contribution in [0, 0.1) is 0 Å². The van der Waals surface area contributed by atoms with Crippen molar-refractivity contribution in [2.45, 2.75) is 18.9 Å². The Morgan fingerprint density at radius 1 is 1.35 bits per heavy atom. The third-order valence-electron chi connectivity index (χ3n) is 2.78. The highest BCUT2D eigenvalue weighted by molar-refractivity contribution is 6.33. The zero-order valence-corrected chi connectivity index (χ0v) is 10.4. The van der Waals surface area contributed by atoms with Crippen LogP contribution < -0.4 is 5.32 Å². The quantitative estimate of drug-likeness (QED) is 0.743. The summed E-state index contributed by atoms with van der Waals surface area (Å²) in [6.07, 6.45) is 0.427. The van der Waals surface area contributed by atoms with E-state index in [2.05, 4.69) is 5.32 Å². The molecular weight excluding hydrogens is 242 g/mol. The maximum atomic E-state index is 11.9. The Kier molecular flexibility index (Phi) is 4.93.